The summed E-state index contributed by atoms with van der Waals surface area (Å²) >= 11 is 1.57. The van der Waals surface area contributed by atoms with E-state index in [1.54, 1.807) is 23.5 Å². The van der Waals surface area contributed by atoms with Gasteiger partial charge in [0, 0.05) is 10.9 Å². The molecule has 0 fully saturated rings. The Morgan fingerprint density at radius 1 is 0.964 bits per heavy atom. The normalized spacial score (nSPS) is 13.3. The summed E-state index contributed by atoms with van der Waals surface area (Å²) in [6.07, 6.45) is 0. The molecule has 0 radical (unpaired) electrons. The van der Waals surface area contributed by atoms with Crippen LogP contribution in [0.1, 0.15) is 41.9 Å². The molecule has 1 amide bonds. The van der Waals surface area contributed by atoms with Crippen molar-refractivity contribution in [3.05, 3.63) is 93.9 Å². The van der Waals surface area contributed by atoms with Crippen molar-refractivity contribution in [3.8, 4) is 0 Å². The molecule has 0 saturated heterocycles. The second-order valence-electron chi connectivity index (χ2n) is 7.08. The quantitative estimate of drug-likeness (QED) is 0.557. The van der Waals surface area contributed by atoms with Crippen LogP contribution in [-0.2, 0) is 4.79 Å². The van der Waals surface area contributed by atoms with Gasteiger partial charge in [-0.3, -0.25) is 4.79 Å². The predicted octanol–water partition coefficient (Wildman–Crippen LogP) is 5.08. The van der Waals surface area contributed by atoms with Crippen LogP contribution in [0.15, 0.2) is 72.1 Å². The maximum atomic E-state index is 13.3. The first kappa shape index (κ1) is 20.2. The first-order valence-corrected chi connectivity index (χ1v) is 10.3. The molecule has 2 aromatic carbocycles. The first-order chi connectivity index (χ1) is 13.5. The van der Waals surface area contributed by atoms with Crippen LogP contribution < -0.4 is 10.6 Å². The van der Waals surface area contributed by atoms with E-state index in [0.29, 0.717) is 5.92 Å². The molecule has 3 nitrogen and oxygen atoms in total. The zero-order valence-electron chi connectivity index (χ0n) is 16.1. The van der Waals surface area contributed by atoms with Gasteiger partial charge in [0.15, 0.2) is 0 Å². The van der Waals surface area contributed by atoms with Crippen molar-refractivity contribution in [3.63, 3.8) is 0 Å². The number of hydrogen-bond acceptors (Lipinski definition) is 3. The lowest BCUT2D eigenvalue weighted by Gasteiger charge is -2.24. The highest BCUT2D eigenvalue weighted by Gasteiger charge is 2.20. The fourth-order valence-electron chi connectivity index (χ4n) is 3.24. The minimum atomic E-state index is -0.288. The number of carbonyl (C=O) groups excluding carboxylic acids is 1. The molecular weight excluding hydrogens is 371 g/mol. The van der Waals surface area contributed by atoms with Gasteiger partial charge in [-0.05, 0) is 40.6 Å². The van der Waals surface area contributed by atoms with Gasteiger partial charge in [0.05, 0.1) is 12.6 Å². The van der Waals surface area contributed by atoms with Gasteiger partial charge in [-0.1, -0.05) is 62.4 Å². The van der Waals surface area contributed by atoms with Gasteiger partial charge in [-0.2, -0.15) is 0 Å². The minimum Gasteiger partial charge on any atom is -0.343 e. The van der Waals surface area contributed by atoms with Gasteiger partial charge in [0.25, 0.3) is 0 Å². The molecule has 0 aliphatic rings. The Hall–Kier alpha value is -2.50. The van der Waals surface area contributed by atoms with E-state index in [4.69, 9.17) is 0 Å². The molecule has 2 N–H and O–H groups in total. The molecule has 1 heterocycles. The third kappa shape index (κ3) is 5.27. The van der Waals surface area contributed by atoms with Crippen LogP contribution in [-0.4, -0.2) is 12.5 Å². The molecule has 3 rings (SSSR count). The van der Waals surface area contributed by atoms with Crippen LogP contribution >= 0.6 is 11.3 Å². The van der Waals surface area contributed by atoms with Crippen LogP contribution in [0, 0.1) is 11.7 Å². The number of halogens is 1. The largest absolute Gasteiger partial charge is 0.343 e. The van der Waals surface area contributed by atoms with Crippen molar-refractivity contribution in [1.82, 2.24) is 10.6 Å². The fourth-order valence-corrected chi connectivity index (χ4v) is 4.05. The first-order valence-electron chi connectivity index (χ1n) is 9.41. The van der Waals surface area contributed by atoms with Crippen molar-refractivity contribution < 1.29 is 9.18 Å². The van der Waals surface area contributed by atoms with Gasteiger partial charge >= 0.3 is 0 Å². The number of carbonyl (C=O) groups is 1. The van der Waals surface area contributed by atoms with E-state index in [1.165, 1.54) is 17.7 Å². The Bertz CT molecular complexity index is 863. The zero-order valence-corrected chi connectivity index (χ0v) is 16.9. The maximum absolute atomic E-state index is 13.3. The number of nitrogens with one attached hydrogen (secondary N) is 2. The number of rotatable bonds is 8. The molecule has 0 aliphatic heterocycles. The molecule has 5 heteroatoms. The molecule has 0 bridgehead atoms. The Labute approximate surface area is 169 Å². The van der Waals surface area contributed by atoms with Crippen molar-refractivity contribution in [2.75, 3.05) is 6.54 Å². The Morgan fingerprint density at radius 2 is 1.68 bits per heavy atom. The number of hydrogen-bond donors (Lipinski definition) is 2. The number of thiophene rings is 1. The average Bonchev–Trinajstić information content (AvgIpc) is 3.22. The summed E-state index contributed by atoms with van der Waals surface area (Å²) in [7, 11) is 0. The van der Waals surface area contributed by atoms with Crippen LogP contribution in [0.4, 0.5) is 4.39 Å². The summed E-state index contributed by atoms with van der Waals surface area (Å²) in [5.74, 6) is -0.0333. The van der Waals surface area contributed by atoms with Crippen molar-refractivity contribution in [1.29, 1.82) is 0 Å². The van der Waals surface area contributed by atoms with Crippen molar-refractivity contribution >= 4 is 17.2 Å². The third-order valence-electron chi connectivity index (χ3n) is 4.64. The summed E-state index contributed by atoms with van der Waals surface area (Å²) in [6, 6.07) is 20.2. The van der Waals surface area contributed by atoms with Crippen molar-refractivity contribution in [2.24, 2.45) is 5.92 Å². The van der Waals surface area contributed by atoms with E-state index in [9.17, 15) is 9.18 Å². The topological polar surface area (TPSA) is 41.1 Å². The molecule has 0 spiro atoms. The van der Waals surface area contributed by atoms with E-state index in [1.807, 2.05) is 35.7 Å². The third-order valence-corrected chi connectivity index (χ3v) is 5.58. The average molecular weight is 397 g/mol. The van der Waals surface area contributed by atoms with Gasteiger partial charge in [-0.15, -0.1) is 11.3 Å². The molecule has 2 atom stereocenters. The molecule has 146 valence electrons. The van der Waals surface area contributed by atoms with Crippen LogP contribution in [0.5, 0.6) is 0 Å². The zero-order chi connectivity index (χ0) is 19.9. The molecule has 1 aromatic heterocycles. The summed E-state index contributed by atoms with van der Waals surface area (Å²) in [6.45, 7) is 4.48. The van der Waals surface area contributed by atoms with E-state index < -0.39 is 0 Å². The summed E-state index contributed by atoms with van der Waals surface area (Å²) < 4.78 is 13.3. The molecule has 0 aliphatic carbocycles. The number of amides is 1. The minimum absolute atomic E-state index is 0.0932. The predicted molar refractivity (Wildman–Crippen MR) is 113 cm³/mol. The van der Waals surface area contributed by atoms with Crippen LogP contribution in [0.3, 0.4) is 0 Å². The fraction of sp³-hybridized carbons (Fsp3) is 0.261. The lowest BCUT2D eigenvalue weighted by molar-refractivity contribution is -0.120. The van der Waals surface area contributed by atoms with E-state index in [2.05, 4.69) is 36.6 Å². The van der Waals surface area contributed by atoms with Crippen molar-refractivity contribution in [2.45, 2.75) is 25.9 Å². The van der Waals surface area contributed by atoms with Gasteiger partial charge in [0.2, 0.25) is 5.91 Å². The SMILES string of the molecule is CC(C)[C@H](NCC(=O)N[C@H](c1ccc(F)cc1)c1cccs1)c1ccccc1. The standard InChI is InChI=1S/C23H25FN2OS/c1-16(2)22(17-7-4-3-5-8-17)25-15-21(27)26-23(20-9-6-14-28-20)18-10-12-19(24)13-11-18/h3-14,16,22-23,25H,15H2,1-2H3,(H,26,27)/t22-,23+/m0/s1. The van der Waals surface area contributed by atoms with E-state index in [0.717, 1.165) is 10.4 Å². The Morgan fingerprint density at radius 3 is 2.29 bits per heavy atom. The smallest absolute Gasteiger partial charge is 0.234 e. The highest BCUT2D eigenvalue weighted by molar-refractivity contribution is 7.10. The highest BCUT2D eigenvalue weighted by Crippen LogP contribution is 2.26. The monoisotopic (exact) mass is 396 g/mol. The lowest BCUT2D eigenvalue weighted by atomic mass is 9.96. The summed E-state index contributed by atoms with van der Waals surface area (Å²) in [5.41, 5.74) is 2.03. The van der Waals surface area contributed by atoms with Crippen LogP contribution in [0.2, 0.25) is 0 Å². The second kappa shape index (κ2) is 9.62. The summed E-state index contributed by atoms with van der Waals surface area (Å²) in [4.78, 5) is 13.7. The van der Waals surface area contributed by atoms with Gasteiger partial charge in [-0.25, -0.2) is 4.39 Å². The summed E-state index contributed by atoms with van der Waals surface area (Å²) in [5, 5.41) is 8.44. The van der Waals surface area contributed by atoms with E-state index >= 15 is 0 Å². The highest BCUT2D eigenvalue weighted by atomic mass is 32.1. The maximum Gasteiger partial charge on any atom is 0.234 e. The number of benzene rings is 2. The Kier molecular flexibility index (Phi) is 6.95. The van der Waals surface area contributed by atoms with Gasteiger partial charge in [0.1, 0.15) is 5.82 Å². The molecule has 0 unspecified atom stereocenters. The lowest BCUT2D eigenvalue weighted by Crippen LogP contribution is -2.39. The Balaban J connectivity index is 1.69. The molecule has 3 aromatic rings. The molecule has 28 heavy (non-hydrogen) atoms. The molecule has 0 saturated carbocycles. The van der Waals surface area contributed by atoms with Crippen LogP contribution in [0.25, 0.3) is 0 Å². The van der Waals surface area contributed by atoms with E-state index in [-0.39, 0.29) is 30.4 Å². The second-order valence-corrected chi connectivity index (χ2v) is 8.06. The van der Waals surface area contributed by atoms with Gasteiger partial charge < -0.3 is 10.6 Å². The molecular formula is C23H25FN2OS.